The van der Waals surface area contributed by atoms with Gasteiger partial charge in [-0.2, -0.15) is 0 Å². The molecular weight excluding hydrogens is 383 g/mol. The van der Waals surface area contributed by atoms with Crippen LogP contribution < -0.4 is 16.5 Å². The number of aryl methyl sites for hydroxylation is 1. The highest BCUT2D eigenvalue weighted by molar-refractivity contribution is 6.62. The number of primary amides is 1. The zero-order valence-electron chi connectivity index (χ0n) is 16.1. The lowest BCUT2D eigenvalue weighted by Gasteiger charge is -2.10. The van der Waals surface area contributed by atoms with Gasteiger partial charge in [0, 0.05) is 28.7 Å². The fraction of sp³-hybridized carbons (Fsp3) is 0.100. The standard InChI is InChI=1S/C20H19BN6O3/c1-11-15(16-13(21(29)30)8-5-9-14(16)24-11)19-25-20(17(18(22)28)26-27-19)23-10-12-6-3-2-4-7-12/h2-9,24,29-30H,10H2,1H3,(H2,22,28)(H,23,25,27). The summed E-state index contributed by atoms with van der Waals surface area (Å²) in [7, 11) is -1.67. The van der Waals surface area contributed by atoms with Gasteiger partial charge >= 0.3 is 7.12 Å². The number of H-pyrrole nitrogens is 1. The van der Waals surface area contributed by atoms with E-state index in [4.69, 9.17) is 5.73 Å². The van der Waals surface area contributed by atoms with Gasteiger partial charge in [0.05, 0.1) is 0 Å². The fourth-order valence-corrected chi connectivity index (χ4v) is 3.40. The topological polar surface area (TPSA) is 150 Å². The fourth-order valence-electron chi connectivity index (χ4n) is 3.40. The first kappa shape index (κ1) is 19.6. The van der Waals surface area contributed by atoms with E-state index in [1.807, 2.05) is 43.3 Å². The molecule has 1 amide bonds. The number of hydrogen-bond acceptors (Lipinski definition) is 7. The van der Waals surface area contributed by atoms with Crippen LogP contribution in [-0.2, 0) is 6.54 Å². The zero-order valence-corrected chi connectivity index (χ0v) is 16.1. The highest BCUT2D eigenvalue weighted by atomic mass is 16.4. The van der Waals surface area contributed by atoms with E-state index in [1.165, 1.54) is 0 Å². The molecule has 0 spiro atoms. The molecule has 10 heteroatoms. The average Bonchev–Trinajstić information content (AvgIpc) is 3.08. The molecule has 0 saturated heterocycles. The third-order valence-electron chi connectivity index (χ3n) is 4.77. The van der Waals surface area contributed by atoms with E-state index in [1.54, 1.807) is 12.1 Å². The predicted octanol–water partition coefficient (Wildman–Crippen LogP) is 0.719. The van der Waals surface area contributed by atoms with Gasteiger partial charge in [-0.15, -0.1) is 10.2 Å². The minimum Gasteiger partial charge on any atom is -0.423 e. The number of aromatic amines is 1. The Morgan fingerprint density at radius 2 is 1.90 bits per heavy atom. The Morgan fingerprint density at radius 3 is 2.60 bits per heavy atom. The van der Waals surface area contributed by atoms with Gasteiger partial charge in [0.25, 0.3) is 5.91 Å². The summed E-state index contributed by atoms with van der Waals surface area (Å²) in [4.78, 5) is 19.5. The number of rotatable bonds is 6. The second kappa shape index (κ2) is 7.93. The SMILES string of the molecule is Cc1[nH]c2cccc(B(O)O)c2c1-c1nnc(C(N)=O)c(NCc2ccccc2)n1. The minimum absolute atomic E-state index is 0.0745. The van der Waals surface area contributed by atoms with Gasteiger partial charge in [0.15, 0.2) is 17.3 Å². The molecule has 4 aromatic rings. The molecule has 0 radical (unpaired) electrons. The van der Waals surface area contributed by atoms with E-state index in [9.17, 15) is 14.8 Å². The number of carbonyl (C=O) groups excluding carboxylic acids is 1. The molecule has 30 heavy (non-hydrogen) atoms. The summed E-state index contributed by atoms with van der Waals surface area (Å²) in [6.07, 6.45) is 0. The Kier molecular flexibility index (Phi) is 5.17. The van der Waals surface area contributed by atoms with Crippen molar-refractivity contribution in [1.29, 1.82) is 0 Å². The van der Waals surface area contributed by atoms with Gasteiger partial charge < -0.3 is 26.1 Å². The maximum Gasteiger partial charge on any atom is 0.489 e. The normalized spacial score (nSPS) is 10.9. The monoisotopic (exact) mass is 402 g/mol. The summed E-state index contributed by atoms with van der Waals surface area (Å²) in [5.74, 6) is -0.321. The number of nitrogens with zero attached hydrogens (tertiary/aromatic N) is 3. The van der Waals surface area contributed by atoms with Crippen molar-refractivity contribution in [2.75, 3.05) is 5.32 Å². The van der Waals surface area contributed by atoms with Crippen molar-refractivity contribution in [3.05, 3.63) is 65.5 Å². The van der Waals surface area contributed by atoms with E-state index in [2.05, 4.69) is 25.5 Å². The second-order valence-electron chi connectivity index (χ2n) is 6.80. The molecule has 2 heterocycles. The highest BCUT2D eigenvalue weighted by Gasteiger charge is 2.23. The van der Waals surface area contributed by atoms with Crippen molar-refractivity contribution in [1.82, 2.24) is 20.2 Å². The average molecular weight is 402 g/mol. The molecule has 0 bridgehead atoms. The van der Waals surface area contributed by atoms with E-state index >= 15 is 0 Å². The summed E-state index contributed by atoms with van der Waals surface area (Å²) < 4.78 is 0. The van der Waals surface area contributed by atoms with Crippen LogP contribution in [0.4, 0.5) is 5.82 Å². The van der Waals surface area contributed by atoms with Crippen LogP contribution in [0.3, 0.4) is 0 Å². The van der Waals surface area contributed by atoms with E-state index in [-0.39, 0.29) is 17.3 Å². The number of carbonyl (C=O) groups is 1. The molecule has 2 aromatic heterocycles. The molecule has 6 N–H and O–H groups in total. The maximum absolute atomic E-state index is 11.8. The molecule has 0 saturated carbocycles. The minimum atomic E-state index is -1.67. The molecular formula is C20H19BN6O3. The molecule has 0 aliphatic carbocycles. The van der Waals surface area contributed by atoms with Crippen LogP contribution in [0.25, 0.3) is 22.3 Å². The Hall–Kier alpha value is -3.76. The zero-order chi connectivity index (χ0) is 21.3. The van der Waals surface area contributed by atoms with E-state index in [0.717, 1.165) is 11.3 Å². The smallest absolute Gasteiger partial charge is 0.423 e. The van der Waals surface area contributed by atoms with Crippen molar-refractivity contribution in [3.8, 4) is 11.4 Å². The Labute approximate surface area is 172 Å². The lowest BCUT2D eigenvalue weighted by molar-refractivity contribution is 0.0995. The molecule has 4 rings (SSSR count). The number of anilines is 1. The van der Waals surface area contributed by atoms with Crippen LogP contribution in [0.1, 0.15) is 21.7 Å². The lowest BCUT2D eigenvalue weighted by atomic mass is 9.77. The quantitative estimate of drug-likeness (QED) is 0.298. The Balaban J connectivity index is 1.82. The number of fused-ring (bicyclic) bond motifs is 1. The number of hydrogen-bond donors (Lipinski definition) is 5. The van der Waals surface area contributed by atoms with Crippen LogP contribution >= 0.6 is 0 Å². The molecule has 0 unspecified atom stereocenters. The van der Waals surface area contributed by atoms with Crippen LogP contribution in [0.15, 0.2) is 48.5 Å². The van der Waals surface area contributed by atoms with Crippen molar-refractivity contribution in [3.63, 3.8) is 0 Å². The van der Waals surface area contributed by atoms with Gasteiger partial charge in [-0.3, -0.25) is 4.79 Å². The van der Waals surface area contributed by atoms with E-state index < -0.39 is 13.0 Å². The summed E-state index contributed by atoms with van der Waals surface area (Å²) in [5.41, 5.74) is 8.67. The van der Waals surface area contributed by atoms with Crippen LogP contribution in [-0.4, -0.2) is 43.2 Å². The van der Waals surface area contributed by atoms with Gasteiger partial charge in [0.2, 0.25) is 0 Å². The largest absolute Gasteiger partial charge is 0.489 e. The Morgan fingerprint density at radius 1 is 1.13 bits per heavy atom. The number of nitrogens with one attached hydrogen (secondary N) is 2. The van der Waals surface area contributed by atoms with Crippen molar-refractivity contribution in [2.24, 2.45) is 5.73 Å². The maximum atomic E-state index is 11.8. The van der Waals surface area contributed by atoms with Crippen LogP contribution in [0.2, 0.25) is 0 Å². The first-order chi connectivity index (χ1) is 14.5. The highest BCUT2D eigenvalue weighted by Crippen LogP contribution is 2.29. The predicted molar refractivity (Wildman–Crippen MR) is 114 cm³/mol. The first-order valence-electron chi connectivity index (χ1n) is 9.25. The molecule has 0 atom stereocenters. The van der Waals surface area contributed by atoms with Crippen molar-refractivity contribution in [2.45, 2.75) is 13.5 Å². The molecule has 0 aliphatic heterocycles. The lowest BCUT2D eigenvalue weighted by Crippen LogP contribution is -2.30. The van der Waals surface area contributed by atoms with Gasteiger partial charge in [-0.1, -0.05) is 42.5 Å². The van der Waals surface area contributed by atoms with Crippen molar-refractivity contribution >= 4 is 35.2 Å². The van der Waals surface area contributed by atoms with Gasteiger partial charge in [-0.25, -0.2) is 4.98 Å². The third kappa shape index (κ3) is 3.61. The van der Waals surface area contributed by atoms with Crippen LogP contribution in [0, 0.1) is 6.92 Å². The number of amides is 1. The van der Waals surface area contributed by atoms with E-state index in [0.29, 0.717) is 28.5 Å². The molecule has 2 aromatic carbocycles. The number of aromatic nitrogens is 4. The summed E-state index contributed by atoms with van der Waals surface area (Å²) in [6.45, 7) is 2.23. The van der Waals surface area contributed by atoms with Gasteiger partial charge in [0.1, 0.15) is 0 Å². The van der Waals surface area contributed by atoms with Crippen LogP contribution in [0.5, 0.6) is 0 Å². The molecule has 150 valence electrons. The van der Waals surface area contributed by atoms with Crippen molar-refractivity contribution < 1.29 is 14.8 Å². The Bertz CT molecular complexity index is 1230. The summed E-state index contributed by atoms with van der Waals surface area (Å²) >= 11 is 0. The second-order valence-corrected chi connectivity index (χ2v) is 6.80. The molecule has 9 nitrogen and oxygen atoms in total. The molecule has 0 aliphatic rings. The summed E-state index contributed by atoms with van der Waals surface area (Å²) in [5, 5.41) is 31.3. The third-order valence-corrected chi connectivity index (χ3v) is 4.77. The molecule has 0 fully saturated rings. The number of nitrogens with two attached hydrogens (primary N) is 1. The van der Waals surface area contributed by atoms with Gasteiger partial charge in [-0.05, 0) is 24.0 Å². The number of benzene rings is 2. The summed E-state index contributed by atoms with van der Waals surface area (Å²) in [6, 6.07) is 14.8. The first-order valence-corrected chi connectivity index (χ1v) is 9.25.